The number of rotatable bonds is 6. The van der Waals surface area contributed by atoms with Crippen LogP contribution >= 0.6 is 11.6 Å². The lowest BCUT2D eigenvalue weighted by Crippen LogP contribution is -2.43. The molecular formula is C27H22ClF5N4O2. The average molecular weight is 565 g/mol. The Morgan fingerprint density at radius 3 is 2.51 bits per heavy atom. The average Bonchev–Trinajstić information content (AvgIpc) is 3.49. The number of nitrogens with zero attached hydrogens (tertiary/aromatic N) is 4. The van der Waals surface area contributed by atoms with Crippen LogP contribution in [0.2, 0.25) is 5.02 Å². The molecule has 0 amide bonds. The number of alkyl halides is 3. The van der Waals surface area contributed by atoms with Gasteiger partial charge in [0.05, 0.1) is 15.9 Å². The van der Waals surface area contributed by atoms with E-state index in [9.17, 15) is 17.6 Å². The Kier molecular flexibility index (Phi) is 6.46. The first-order valence-electron chi connectivity index (χ1n) is 12.5. The van der Waals surface area contributed by atoms with Gasteiger partial charge in [-0.25, -0.2) is 8.78 Å². The molecule has 6 nitrogen and oxygen atoms in total. The van der Waals surface area contributed by atoms with E-state index in [0.717, 1.165) is 45.0 Å². The van der Waals surface area contributed by atoms with Gasteiger partial charge in [-0.1, -0.05) is 35.9 Å². The van der Waals surface area contributed by atoms with Gasteiger partial charge in [0.15, 0.2) is 12.4 Å². The van der Waals surface area contributed by atoms with Gasteiger partial charge >= 0.3 is 12.2 Å². The molecule has 2 aliphatic rings. The molecule has 0 spiro atoms. The molecule has 2 saturated heterocycles. The van der Waals surface area contributed by atoms with E-state index < -0.39 is 30.3 Å². The maximum absolute atomic E-state index is 16.1. The first-order chi connectivity index (χ1) is 18.7. The van der Waals surface area contributed by atoms with Gasteiger partial charge < -0.3 is 9.47 Å². The molecule has 2 aromatic carbocycles. The van der Waals surface area contributed by atoms with Gasteiger partial charge in [0, 0.05) is 17.1 Å². The van der Waals surface area contributed by atoms with Crippen LogP contribution < -0.4 is 9.47 Å². The number of hydrogen-bond donors (Lipinski definition) is 0. The monoisotopic (exact) mass is 564 g/mol. The van der Waals surface area contributed by atoms with Crippen molar-refractivity contribution in [3.05, 3.63) is 53.2 Å². The highest BCUT2D eigenvalue weighted by Crippen LogP contribution is 2.40. The maximum atomic E-state index is 16.1. The van der Waals surface area contributed by atoms with Crippen LogP contribution in [0.4, 0.5) is 22.0 Å². The summed E-state index contributed by atoms with van der Waals surface area (Å²) in [6.45, 7) is 0.465. The van der Waals surface area contributed by atoms with Crippen LogP contribution in [0.15, 0.2) is 36.5 Å². The van der Waals surface area contributed by atoms with Crippen molar-refractivity contribution in [2.75, 3.05) is 26.3 Å². The van der Waals surface area contributed by atoms with Crippen LogP contribution in [0, 0.1) is 11.6 Å². The Morgan fingerprint density at radius 1 is 1.00 bits per heavy atom. The molecule has 0 bridgehead atoms. The van der Waals surface area contributed by atoms with Crippen LogP contribution in [0.3, 0.4) is 0 Å². The van der Waals surface area contributed by atoms with Gasteiger partial charge in [-0.05, 0) is 50.2 Å². The molecular weight excluding hydrogens is 543 g/mol. The molecule has 4 aromatic rings. The zero-order valence-electron chi connectivity index (χ0n) is 20.5. The second-order valence-electron chi connectivity index (χ2n) is 9.87. The second-order valence-corrected chi connectivity index (χ2v) is 10.2. The molecule has 0 atom stereocenters. The van der Waals surface area contributed by atoms with Crippen molar-refractivity contribution in [1.82, 2.24) is 19.9 Å². The second kappa shape index (κ2) is 9.71. The Labute approximate surface area is 224 Å². The summed E-state index contributed by atoms with van der Waals surface area (Å²) in [6.07, 6.45) is 0.335. The molecule has 0 radical (unpaired) electrons. The maximum Gasteiger partial charge on any atom is 0.422 e. The predicted molar refractivity (Wildman–Crippen MR) is 135 cm³/mol. The zero-order chi connectivity index (χ0) is 27.4. The molecule has 2 fully saturated rings. The van der Waals surface area contributed by atoms with Crippen molar-refractivity contribution in [2.45, 2.75) is 37.4 Å². The summed E-state index contributed by atoms with van der Waals surface area (Å²) in [5, 5.41) is 0.429. The first kappa shape index (κ1) is 25.9. The SMILES string of the molecule is Fc1ccc2cccc(-c3ncc4c(OCC(F)(F)F)nc(OCC56CCCN5CCC6)nc4c3F)c2c1Cl. The van der Waals surface area contributed by atoms with Crippen LogP contribution in [-0.2, 0) is 0 Å². The topological polar surface area (TPSA) is 60.4 Å². The van der Waals surface area contributed by atoms with E-state index in [4.69, 9.17) is 21.1 Å². The summed E-state index contributed by atoms with van der Waals surface area (Å²) in [4.78, 5) is 14.7. The number of aromatic nitrogens is 3. The third-order valence-electron chi connectivity index (χ3n) is 7.47. The number of pyridine rings is 1. The highest BCUT2D eigenvalue weighted by molar-refractivity contribution is 6.36. The number of hydrogen-bond acceptors (Lipinski definition) is 6. The van der Waals surface area contributed by atoms with Crippen LogP contribution in [-0.4, -0.2) is 57.9 Å². The van der Waals surface area contributed by atoms with Crippen molar-refractivity contribution in [3.63, 3.8) is 0 Å². The van der Waals surface area contributed by atoms with E-state index in [1.165, 1.54) is 18.2 Å². The fourth-order valence-electron chi connectivity index (χ4n) is 5.69. The van der Waals surface area contributed by atoms with E-state index in [1.54, 1.807) is 12.1 Å². The summed E-state index contributed by atoms with van der Waals surface area (Å²) in [5.74, 6) is -2.14. The quantitative estimate of drug-likeness (QED) is 0.242. The smallest absolute Gasteiger partial charge is 0.422 e. The van der Waals surface area contributed by atoms with E-state index in [2.05, 4.69) is 19.9 Å². The first-order valence-corrected chi connectivity index (χ1v) is 12.8. The molecule has 4 heterocycles. The third kappa shape index (κ3) is 4.71. The number of fused-ring (bicyclic) bond motifs is 3. The van der Waals surface area contributed by atoms with E-state index in [-0.39, 0.29) is 50.7 Å². The van der Waals surface area contributed by atoms with Gasteiger partial charge in [0.1, 0.15) is 23.6 Å². The van der Waals surface area contributed by atoms with Gasteiger partial charge in [-0.3, -0.25) is 9.88 Å². The van der Waals surface area contributed by atoms with Crippen molar-refractivity contribution in [3.8, 4) is 23.1 Å². The third-order valence-corrected chi connectivity index (χ3v) is 7.84. The normalized spacial score (nSPS) is 17.2. The van der Waals surface area contributed by atoms with Crippen LogP contribution in [0.5, 0.6) is 11.9 Å². The van der Waals surface area contributed by atoms with Crippen molar-refractivity contribution in [1.29, 1.82) is 0 Å². The highest BCUT2D eigenvalue weighted by Gasteiger charge is 2.45. The van der Waals surface area contributed by atoms with Gasteiger partial charge in [-0.2, -0.15) is 23.1 Å². The molecule has 2 aliphatic heterocycles. The molecule has 12 heteroatoms. The molecule has 6 rings (SSSR count). The molecule has 204 valence electrons. The van der Waals surface area contributed by atoms with Crippen LogP contribution in [0.25, 0.3) is 32.9 Å². The fourth-order valence-corrected chi connectivity index (χ4v) is 5.96. The Balaban J connectivity index is 1.46. The summed E-state index contributed by atoms with van der Waals surface area (Å²) < 4.78 is 80.2. The summed E-state index contributed by atoms with van der Waals surface area (Å²) in [5.41, 5.74) is -0.541. The number of halogens is 6. The lowest BCUT2D eigenvalue weighted by atomic mass is 9.95. The molecule has 2 aromatic heterocycles. The number of benzene rings is 2. The summed E-state index contributed by atoms with van der Waals surface area (Å²) in [6, 6.07) is 7.26. The standard InChI is InChI=1S/C27H22ClF5N4O2/c28-20-18(29)7-6-15-4-1-5-16(19(15)20)22-21(30)23-17(12-34-22)24(38-14-27(31,32)33)36-25(35-23)39-13-26-8-2-10-37(26)11-3-9-26/h1,4-7,12H,2-3,8-11,13-14H2. The highest BCUT2D eigenvalue weighted by atomic mass is 35.5. The minimum atomic E-state index is -4.65. The van der Waals surface area contributed by atoms with E-state index in [1.807, 2.05) is 0 Å². The summed E-state index contributed by atoms with van der Waals surface area (Å²) in [7, 11) is 0. The van der Waals surface area contributed by atoms with Crippen LogP contribution in [0.1, 0.15) is 25.7 Å². The minimum absolute atomic E-state index is 0.160. The van der Waals surface area contributed by atoms with Crippen molar-refractivity contribution in [2.24, 2.45) is 0 Å². The zero-order valence-corrected chi connectivity index (χ0v) is 21.3. The predicted octanol–water partition coefficient (Wildman–Crippen LogP) is 6.72. The molecule has 0 unspecified atom stereocenters. The van der Waals surface area contributed by atoms with Crippen molar-refractivity contribution >= 4 is 33.3 Å². The molecule has 0 aliphatic carbocycles. The van der Waals surface area contributed by atoms with Gasteiger partial charge in [0.2, 0.25) is 5.88 Å². The number of ether oxygens (including phenoxy) is 2. The lowest BCUT2D eigenvalue weighted by molar-refractivity contribution is -0.153. The van der Waals surface area contributed by atoms with E-state index >= 15 is 4.39 Å². The lowest BCUT2D eigenvalue weighted by Gasteiger charge is -2.31. The minimum Gasteiger partial charge on any atom is -0.467 e. The Hall–Kier alpha value is -3.31. The molecule has 0 N–H and O–H groups in total. The van der Waals surface area contributed by atoms with Crippen molar-refractivity contribution < 1.29 is 31.4 Å². The molecule has 0 saturated carbocycles. The molecule has 39 heavy (non-hydrogen) atoms. The fraction of sp³-hybridized carbons (Fsp3) is 0.370. The van der Waals surface area contributed by atoms with Gasteiger partial charge in [0.25, 0.3) is 0 Å². The Morgan fingerprint density at radius 2 is 1.77 bits per heavy atom. The van der Waals surface area contributed by atoms with Gasteiger partial charge in [-0.15, -0.1) is 0 Å². The largest absolute Gasteiger partial charge is 0.467 e. The summed E-state index contributed by atoms with van der Waals surface area (Å²) >= 11 is 6.23. The van der Waals surface area contributed by atoms with E-state index in [0.29, 0.717) is 5.39 Å². The Bertz CT molecular complexity index is 1570.